The van der Waals surface area contributed by atoms with Gasteiger partial charge in [0, 0.05) is 11.8 Å². The molecule has 3 nitrogen and oxygen atoms in total. The molecule has 0 saturated heterocycles. The summed E-state index contributed by atoms with van der Waals surface area (Å²) in [5.74, 6) is 11.1. The van der Waals surface area contributed by atoms with Crippen LogP contribution < -0.4 is 11.3 Å². The van der Waals surface area contributed by atoms with Crippen LogP contribution in [0.1, 0.15) is 25.1 Å². The van der Waals surface area contributed by atoms with E-state index in [1.54, 1.807) is 16.8 Å². The summed E-state index contributed by atoms with van der Waals surface area (Å²) >= 11 is 1.56. The van der Waals surface area contributed by atoms with Crippen LogP contribution in [0.2, 0.25) is 0 Å². The number of thiazole rings is 1. The van der Waals surface area contributed by atoms with E-state index >= 15 is 0 Å². The van der Waals surface area contributed by atoms with Crippen LogP contribution in [0.4, 0.5) is 0 Å². The quantitative estimate of drug-likeness (QED) is 0.416. The summed E-state index contributed by atoms with van der Waals surface area (Å²) in [5.41, 5.74) is 5.43. The summed E-state index contributed by atoms with van der Waals surface area (Å²) in [7, 11) is 0. The molecule has 3 N–H and O–H groups in total. The molecule has 4 heteroatoms. The zero-order valence-electron chi connectivity index (χ0n) is 6.87. The Labute approximate surface area is 76.0 Å². The highest BCUT2D eigenvalue weighted by Gasteiger charge is 2.08. The largest absolute Gasteiger partial charge is 0.271 e. The Kier molecular flexibility index (Phi) is 3.74. The summed E-state index contributed by atoms with van der Waals surface area (Å²) in [4.78, 5) is 4.15. The molecule has 0 radical (unpaired) electrons. The lowest BCUT2D eigenvalue weighted by Crippen LogP contribution is -2.27. The van der Waals surface area contributed by atoms with E-state index in [0.717, 1.165) is 5.69 Å². The van der Waals surface area contributed by atoms with Gasteiger partial charge in [-0.25, -0.2) is 4.98 Å². The second kappa shape index (κ2) is 4.88. The lowest BCUT2D eigenvalue weighted by atomic mass is 10.2. The van der Waals surface area contributed by atoms with E-state index < -0.39 is 0 Å². The second-order valence-electron chi connectivity index (χ2n) is 2.26. The van der Waals surface area contributed by atoms with Crippen molar-refractivity contribution < 1.29 is 0 Å². The van der Waals surface area contributed by atoms with Gasteiger partial charge in [0.15, 0.2) is 0 Å². The van der Waals surface area contributed by atoms with Gasteiger partial charge in [0.1, 0.15) is 0 Å². The number of nitrogens with one attached hydrogen (secondary N) is 1. The maximum Gasteiger partial charge on any atom is 0.0795 e. The Morgan fingerprint density at radius 1 is 1.83 bits per heavy atom. The zero-order chi connectivity index (χ0) is 8.81. The first-order chi connectivity index (χ1) is 5.88. The van der Waals surface area contributed by atoms with Gasteiger partial charge in [-0.3, -0.25) is 11.3 Å². The third-order valence-corrected chi connectivity index (χ3v) is 2.10. The molecular weight excluding hydrogens is 170 g/mol. The lowest BCUT2D eigenvalue weighted by molar-refractivity contribution is 0.556. The molecule has 64 valence electrons. The van der Waals surface area contributed by atoms with E-state index in [1.807, 2.05) is 12.3 Å². The minimum absolute atomic E-state index is 0.0590. The molecule has 0 aliphatic rings. The Hall–Kier alpha value is -0.890. The zero-order valence-corrected chi connectivity index (χ0v) is 7.69. The predicted octanol–water partition coefficient (Wildman–Crippen LogP) is 1.06. The molecular formula is C8H11N3S. The monoisotopic (exact) mass is 181 g/mol. The normalized spacial score (nSPS) is 11.8. The van der Waals surface area contributed by atoms with Gasteiger partial charge in [-0.2, -0.15) is 0 Å². The van der Waals surface area contributed by atoms with Crippen LogP contribution in [0.25, 0.3) is 0 Å². The highest BCUT2D eigenvalue weighted by molar-refractivity contribution is 7.07. The van der Waals surface area contributed by atoms with E-state index in [4.69, 9.17) is 5.84 Å². The standard InChI is InChI=1S/C8H11N3S/c1-2-3-4-7(11-9)8-5-12-6-10-8/h5-7,11H,4,9H2,1H3. The van der Waals surface area contributed by atoms with Crippen LogP contribution >= 0.6 is 11.3 Å². The first-order valence-corrected chi connectivity index (χ1v) is 4.56. The molecule has 1 unspecified atom stereocenters. The third-order valence-electron chi connectivity index (χ3n) is 1.49. The maximum atomic E-state index is 5.35. The minimum Gasteiger partial charge on any atom is -0.271 e. The van der Waals surface area contributed by atoms with Crippen LogP contribution in [-0.4, -0.2) is 4.98 Å². The number of nitrogens with zero attached hydrogens (tertiary/aromatic N) is 1. The SMILES string of the molecule is CC#CCC(NN)c1cscn1. The predicted molar refractivity (Wildman–Crippen MR) is 50.2 cm³/mol. The Morgan fingerprint density at radius 2 is 2.67 bits per heavy atom. The molecule has 12 heavy (non-hydrogen) atoms. The molecule has 1 atom stereocenters. The first-order valence-electron chi connectivity index (χ1n) is 3.62. The van der Waals surface area contributed by atoms with Gasteiger partial charge < -0.3 is 0 Å². The molecule has 0 aromatic carbocycles. The molecule has 0 aliphatic heterocycles. The van der Waals surface area contributed by atoms with Gasteiger partial charge in [-0.15, -0.1) is 23.2 Å². The van der Waals surface area contributed by atoms with E-state index in [1.165, 1.54) is 0 Å². The van der Waals surface area contributed by atoms with Crippen molar-refractivity contribution in [1.29, 1.82) is 0 Å². The van der Waals surface area contributed by atoms with Crippen molar-refractivity contribution in [3.63, 3.8) is 0 Å². The van der Waals surface area contributed by atoms with Crippen LogP contribution in [0, 0.1) is 11.8 Å². The third kappa shape index (κ3) is 2.31. The van der Waals surface area contributed by atoms with Crippen LogP contribution in [0.3, 0.4) is 0 Å². The molecule has 0 spiro atoms. The molecule has 0 fully saturated rings. The molecule has 1 aromatic rings. The van der Waals surface area contributed by atoms with Crippen LogP contribution in [0.5, 0.6) is 0 Å². The second-order valence-corrected chi connectivity index (χ2v) is 2.98. The molecule has 1 aromatic heterocycles. The topological polar surface area (TPSA) is 50.9 Å². The van der Waals surface area contributed by atoms with E-state index in [9.17, 15) is 0 Å². The lowest BCUT2D eigenvalue weighted by Gasteiger charge is -2.08. The van der Waals surface area contributed by atoms with Crippen molar-refractivity contribution >= 4 is 11.3 Å². The smallest absolute Gasteiger partial charge is 0.0795 e. The van der Waals surface area contributed by atoms with Crippen molar-refractivity contribution in [2.24, 2.45) is 5.84 Å². The fraction of sp³-hybridized carbons (Fsp3) is 0.375. The fourth-order valence-electron chi connectivity index (χ4n) is 0.847. The van der Waals surface area contributed by atoms with Crippen LogP contribution in [-0.2, 0) is 0 Å². The van der Waals surface area contributed by atoms with Gasteiger partial charge in [0.2, 0.25) is 0 Å². The number of nitrogens with two attached hydrogens (primary N) is 1. The van der Waals surface area contributed by atoms with Gasteiger partial charge in [0.25, 0.3) is 0 Å². The maximum absolute atomic E-state index is 5.35. The average Bonchev–Trinajstić information content (AvgIpc) is 2.59. The Balaban J connectivity index is 2.61. The van der Waals surface area contributed by atoms with Gasteiger partial charge in [0.05, 0.1) is 17.2 Å². The molecule has 0 amide bonds. The van der Waals surface area contributed by atoms with E-state index in [0.29, 0.717) is 6.42 Å². The average molecular weight is 181 g/mol. The molecule has 0 aliphatic carbocycles. The summed E-state index contributed by atoms with van der Waals surface area (Å²) < 4.78 is 0. The number of hydrogen-bond donors (Lipinski definition) is 2. The molecule has 1 heterocycles. The van der Waals surface area contributed by atoms with Gasteiger partial charge in [-0.1, -0.05) is 0 Å². The molecule has 1 rings (SSSR count). The van der Waals surface area contributed by atoms with E-state index in [-0.39, 0.29) is 6.04 Å². The Bertz CT molecular complexity index is 270. The molecule has 0 bridgehead atoms. The van der Waals surface area contributed by atoms with E-state index in [2.05, 4.69) is 22.3 Å². The summed E-state index contributed by atoms with van der Waals surface area (Å²) in [6, 6.07) is 0.0590. The Morgan fingerprint density at radius 3 is 3.17 bits per heavy atom. The van der Waals surface area contributed by atoms with Crippen molar-refractivity contribution in [2.75, 3.05) is 0 Å². The first kappa shape index (κ1) is 9.20. The number of rotatable bonds is 3. The highest BCUT2D eigenvalue weighted by Crippen LogP contribution is 2.14. The highest BCUT2D eigenvalue weighted by atomic mass is 32.1. The van der Waals surface area contributed by atoms with Gasteiger partial charge in [-0.05, 0) is 6.92 Å². The number of aromatic nitrogens is 1. The summed E-state index contributed by atoms with van der Waals surface area (Å²) in [6.07, 6.45) is 0.705. The van der Waals surface area contributed by atoms with Crippen molar-refractivity contribution in [3.8, 4) is 11.8 Å². The number of hydrazine groups is 1. The van der Waals surface area contributed by atoms with Crippen molar-refractivity contribution in [3.05, 3.63) is 16.6 Å². The summed E-state index contributed by atoms with van der Waals surface area (Å²) in [6.45, 7) is 1.81. The van der Waals surface area contributed by atoms with Crippen LogP contribution in [0.15, 0.2) is 10.9 Å². The van der Waals surface area contributed by atoms with Crippen molar-refractivity contribution in [2.45, 2.75) is 19.4 Å². The minimum atomic E-state index is 0.0590. The van der Waals surface area contributed by atoms with Crippen molar-refractivity contribution in [1.82, 2.24) is 10.4 Å². The molecule has 0 saturated carbocycles. The fourth-order valence-corrected chi connectivity index (χ4v) is 1.45. The number of hydrogen-bond acceptors (Lipinski definition) is 4. The van der Waals surface area contributed by atoms with Gasteiger partial charge >= 0.3 is 0 Å². The summed E-state index contributed by atoms with van der Waals surface area (Å²) in [5, 5.41) is 1.97.